The van der Waals surface area contributed by atoms with Gasteiger partial charge in [-0.1, -0.05) is 41.9 Å². The van der Waals surface area contributed by atoms with Crippen molar-refractivity contribution in [3.63, 3.8) is 0 Å². The molecule has 2 aromatic carbocycles. The van der Waals surface area contributed by atoms with Crippen LogP contribution in [0, 0.1) is 16.0 Å². The number of nitrogens with one attached hydrogen (secondary N) is 2. The molecule has 0 spiro atoms. The lowest BCUT2D eigenvalue weighted by atomic mass is 9.81. The summed E-state index contributed by atoms with van der Waals surface area (Å²) < 4.78 is 0. The first-order valence-electron chi connectivity index (χ1n) is 8.02. The smallest absolute Gasteiger partial charge is 0.289 e. The molecule has 1 aliphatic rings. The van der Waals surface area contributed by atoms with Gasteiger partial charge in [-0.3, -0.25) is 19.7 Å². The first kappa shape index (κ1) is 18.5. The van der Waals surface area contributed by atoms with Gasteiger partial charge >= 0.3 is 0 Å². The SMILES string of the molecule is CC1=NNC(=O)C(C(=O)Nc2ccc(Cl)c([N+](=O)[O-])c2)C1c1ccccc1. The Morgan fingerprint density at radius 2 is 1.96 bits per heavy atom. The highest BCUT2D eigenvalue weighted by atomic mass is 35.5. The number of hydrogen-bond donors (Lipinski definition) is 2. The summed E-state index contributed by atoms with van der Waals surface area (Å²) in [5.74, 6) is -2.75. The summed E-state index contributed by atoms with van der Waals surface area (Å²) in [6.45, 7) is 1.73. The number of carbonyl (C=O) groups excluding carboxylic acids is 2. The van der Waals surface area contributed by atoms with Gasteiger partial charge in [0.15, 0.2) is 0 Å². The Labute approximate surface area is 159 Å². The van der Waals surface area contributed by atoms with Crippen molar-refractivity contribution >= 4 is 40.5 Å². The molecule has 0 fully saturated rings. The van der Waals surface area contributed by atoms with Crippen molar-refractivity contribution in [2.75, 3.05) is 5.32 Å². The normalized spacial score (nSPS) is 19.0. The van der Waals surface area contributed by atoms with E-state index >= 15 is 0 Å². The monoisotopic (exact) mass is 386 g/mol. The molecule has 0 saturated heterocycles. The average Bonchev–Trinajstić information content (AvgIpc) is 2.65. The van der Waals surface area contributed by atoms with Gasteiger partial charge in [0.2, 0.25) is 5.91 Å². The van der Waals surface area contributed by atoms with Gasteiger partial charge in [0.25, 0.3) is 11.6 Å². The first-order valence-corrected chi connectivity index (χ1v) is 8.40. The quantitative estimate of drug-likeness (QED) is 0.477. The Morgan fingerprint density at radius 3 is 2.63 bits per heavy atom. The van der Waals surface area contributed by atoms with Crippen LogP contribution in [-0.4, -0.2) is 22.4 Å². The minimum Gasteiger partial charge on any atom is -0.325 e. The number of hydrogen-bond acceptors (Lipinski definition) is 5. The van der Waals surface area contributed by atoms with Gasteiger partial charge in [-0.15, -0.1) is 0 Å². The van der Waals surface area contributed by atoms with E-state index in [-0.39, 0.29) is 16.4 Å². The third kappa shape index (κ3) is 3.80. The number of nitrogens with zero attached hydrogens (tertiary/aromatic N) is 2. The fourth-order valence-electron chi connectivity index (χ4n) is 2.99. The van der Waals surface area contributed by atoms with Crippen LogP contribution in [-0.2, 0) is 9.59 Å². The maximum absolute atomic E-state index is 12.8. The second kappa shape index (κ2) is 7.55. The lowest BCUT2D eigenvalue weighted by Gasteiger charge is -2.28. The highest BCUT2D eigenvalue weighted by Crippen LogP contribution is 2.32. The number of nitro groups is 1. The van der Waals surface area contributed by atoms with E-state index in [1.165, 1.54) is 12.1 Å². The molecule has 2 unspecified atom stereocenters. The number of benzene rings is 2. The Bertz CT molecular complexity index is 946. The van der Waals surface area contributed by atoms with E-state index in [1.54, 1.807) is 6.92 Å². The second-order valence-electron chi connectivity index (χ2n) is 6.01. The van der Waals surface area contributed by atoms with Gasteiger partial charge in [-0.05, 0) is 24.6 Å². The molecule has 8 nitrogen and oxygen atoms in total. The Hall–Kier alpha value is -3.26. The minimum atomic E-state index is -1.07. The molecule has 0 aromatic heterocycles. The van der Waals surface area contributed by atoms with Gasteiger partial charge in [0.05, 0.1) is 4.92 Å². The summed E-state index contributed by atoms with van der Waals surface area (Å²) in [4.78, 5) is 35.6. The van der Waals surface area contributed by atoms with E-state index in [1.807, 2.05) is 30.3 Å². The molecule has 1 aliphatic heterocycles. The van der Waals surface area contributed by atoms with Crippen LogP contribution in [0.3, 0.4) is 0 Å². The van der Waals surface area contributed by atoms with Crippen LogP contribution in [0.2, 0.25) is 5.02 Å². The van der Waals surface area contributed by atoms with Gasteiger partial charge in [-0.2, -0.15) is 5.10 Å². The van der Waals surface area contributed by atoms with Crippen molar-refractivity contribution in [3.05, 3.63) is 69.2 Å². The van der Waals surface area contributed by atoms with Crippen LogP contribution in [0.15, 0.2) is 53.6 Å². The molecule has 2 amide bonds. The Kier molecular flexibility index (Phi) is 5.18. The van der Waals surface area contributed by atoms with E-state index in [2.05, 4.69) is 15.8 Å². The van der Waals surface area contributed by atoms with Gasteiger partial charge < -0.3 is 5.32 Å². The van der Waals surface area contributed by atoms with Crippen LogP contribution in [0.5, 0.6) is 0 Å². The second-order valence-corrected chi connectivity index (χ2v) is 6.42. The molecule has 27 heavy (non-hydrogen) atoms. The summed E-state index contributed by atoms with van der Waals surface area (Å²) >= 11 is 5.79. The van der Waals surface area contributed by atoms with Crippen LogP contribution >= 0.6 is 11.6 Å². The van der Waals surface area contributed by atoms with Gasteiger partial charge in [-0.25, -0.2) is 5.43 Å². The summed E-state index contributed by atoms with van der Waals surface area (Å²) in [6.07, 6.45) is 0. The predicted molar refractivity (Wildman–Crippen MR) is 101 cm³/mol. The maximum Gasteiger partial charge on any atom is 0.289 e. The van der Waals surface area contributed by atoms with Crippen molar-refractivity contribution < 1.29 is 14.5 Å². The number of hydrazone groups is 1. The van der Waals surface area contributed by atoms with Gasteiger partial charge in [0.1, 0.15) is 10.9 Å². The van der Waals surface area contributed by atoms with Crippen molar-refractivity contribution in [2.45, 2.75) is 12.8 Å². The van der Waals surface area contributed by atoms with E-state index in [9.17, 15) is 19.7 Å². The lowest BCUT2D eigenvalue weighted by Crippen LogP contribution is -2.46. The Morgan fingerprint density at radius 1 is 1.26 bits per heavy atom. The molecule has 0 aliphatic carbocycles. The van der Waals surface area contributed by atoms with Crippen LogP contribution in [0.4, 0.5) is 11.4 Å². The molecule has 2 atom stereocenters. The van der Waals surface area contributed by atoms with Crippen molar-refractivity contribution in [1.29, 1.82) is 0 Å². The molecule has 0 radical (unpaired) electrons. The average molecular weight is 387 g/mol. The zero-order valence-corrected chi connectivity index (χ0v) is 14.9. The van der Waals surface area contributed by atoms with E-state index in [4.69, 9.17) is 11.6 Å². The first-order chi connectivity index (χ1) is 12.9. The molecule has 0 bridgehead atoms. The summed E-state index contributed by atoms with van der Waals surface area (Å²) in [5, 5.41) is 17.5. The van der Waals surface area contributed by atoms with E-state index < -0.39 is 28.6 Å². The third-order valence-electron chi connectivity index (χ3n) is 4.26. The molecule has 138 valence electrons. The van der Waals surface area contributed by atoms with Crippen molar-refractivity contribution in [1.82, 2.24) is 5.43 Å². The fraction of sp³-hybridized carbons (Fsp3) is 0.167. The standard InChI is InChI=1S/C18H15ClN4O4/c1-10-15(11-5-3-2-4-6-11)16(18(25)22-21-10)17(24)20-12-7-8-13(19)14(9-12)23(26)27/h2-9,15-16H,1H3,(H,20,24)(H,22,25). The molecular weight excluding hydrogens is 372 g/mol. The topological polar surface area (TPSA) is 114 Å². The third-order valence-corrected chi connectivity index (χ3v) is 4.58. The summed E-state index contributed by atoms with van der Waals surface area (Å²) in [7, 11) is 0. The van der Waals surface area contributed by atoms with Crippen LogP contribution in [0.25, 0.3) is 0 Å². The predicted octanol–water partition coefficient (Wildman–Crippen LogP) is 3.09. The molecule has 3 rings (SSSR count). The fourth-order valence-corrected chi connectivity index (χ4v) is 3.18. The van der Waals surface area contributed by atoms with Gasteiger partial charge in [0, 0.05) is 23.4 Å². The van der Waals surface area contributed by atoms with Crippen LogP contribution in [0.1, 0.15) is 18.4 Å². The van der Waals surface area contributed by atoms with E-state index in [0.29, 0.717) is 5.71 Å². The number of rotatable bonds is 4. The summed E-state index contributed by atoms with van der Waals surface area (Å²) in [5.41, 5.74) is 3.55. The maximum atomic E-state index is 12.8. The molecule has 9 heteroatoms. The summed E-state index contributed by atoms with van der Waals surface area (Å²) in [6, 6.07) is 13.0. The molecule has 0 saturated carbocycles. The van der Waals surface area contributed by atoms with E-state index in [0.717, 1.165) is 11.6 Å². The minimum absolute atomic E-state index is 0.0430. The Balaban J connectivity index is 1.92. The zero-order chi connectivity index (χ0) is 19.6. The molecular formula is C18H15ClN4O4. The highest BCUT2D eigenvalue weighted by Gasteiger charge is 2.40. The molecule has 2 N–H and O–H groups in total. The number of carbonyl (C=O) groups is 2. The van der Waals surface area contributed by atoms with Crippen molar-refractivity contribution in [2.24, 2.45) is 11.0 Å². The largest absolute Gasteiger partial charge is 0.325 e. The molecule has 1 heterocycles. The number of nitro benzene ring substituents is 1. The molecule has 2 aromatic rings. The zero-order valence-electron chi connectivity index (χ0n) is 14.2. The van der Waals surface area contributed by atoms with Crippen LogP contribution < -0.4 is 10.7 Å². The number of halogens is 1. The highest BCUT2D eigenvalue weighted by molar-refractivity contribution is 6.32. The van der Waals surface area contributed by atoms with Crippen molar-refractivity contribution in [3.8, 4) is 0 Å². The number of amides is 2. The lowest BCUT2D eigenvalue weighted by molar-refractivity contribution is -0.384. The number of anilines is 1.